The van der Waals surface area contributed by atoms with E-state index in [1.165, 1.54) is 5.56 Å². The number of nitrogens with zero attached hydrogens (tertiary/aromatic N) is 2. The molecule has 3 rings (SSSR count). The van der Waals surface area contributed by atoms with E-state index >= 15 is 0 Å². The van der Waals surface area contributed by atoms with Gasteiger partial charge in [0.15, 0.2) is 0 Å². The van der Waals surface area contributed by atoms with E-state index in [0.29, 0.717) is 12.5 Å². The highest BCUT2D eigenvalue weighted by molar-refractivity contribution is 5.26. The van der Waals surface area contributed by atoms with Crippen molar-refractivity contribution in [3.05, 3.63) is 17.3 Å². The monoisotopic (exact) mass is 235 g/mol. The Kier molecular flexibility index (Phi) is 3.20. The maximum absolute atomic E-state index is 5.63. The highest BCUT2D eigenvalue weighted by Gasteiger charge is 2.17. The van der Waals surface area contributed by atoms with E-state index in [1.54, 1.807) is 0 Å². The SMILES string of the molecule is c1c(OCC2CCCO2)nnc2c1CNCC2. The Morgan fingerprint density at radius 2 is 2.47 bits per heavy atom. The second-order valence-electron chi connectivity index (χ2n) is 4.53. The fraction of sp³-hybridized carbons (Fsp3) is 0.667. The third kappa shape index (κ3) is 2.56. The fourth-order valence-electron chi connectivity index (χ4n) is 2.25. The van der Waals surface area contributed by atoms with Crippen molar-refractivity contribution in [2.45, 2.75) is 31.9 Å². The molecular weight excluding hydrogens is 218 g/mol. The molecule has 92 valence electrons. The van der Waals surface area contributed by atoms with Gasteiger partial charge in [0.2, 0.25) is 5.88 Å². The van der Waals surface area contributed by atoms with Crippen LogP contribution in [0.15, 0.2) is 6.07 Å². The molecule has 5 heteroatoms. The van der Waals surface area contributed by atoms with Gasteiger partial charge in [-0.05, 0) is 18.4 Å². The highest BCUT2D eigenvalue weighted by Crippen LogP contribution is 2.17. The van der Waals surface area contributed by atoms with Crippen LogP contribution in [0.2, 0.25) is 0 Å². The lowest BCUT2D eigenvalue weighted by atomic mass is 10.1. The third-order valence-electron chi connectivity index (χ3n) is 3.23. The van der Waals surface area contributed by atoms with Crippen LogP contribution in [0.4, 0.5) is 0 Å². The summed E-state index contributed by atoms with van der Waals surface area (Å²) in [6.45, 7) is 3.29. The van der Waals surface area contributed by atoms with Gasteiger partial charge in [-0.1, -0.05) is 0 Å². The minimum atomic E-state index is 0.228. The average molecular weight is 235 g/mol. The Balaban J connectivity index is 1.62. The minimum absolute atomic E-state index is 0.228. The van der Waals surface area contributed by atoms with Gasteiger partial charge in [0.25, 0.3) is 0 Å². The number of aromatic nitrogens is 2. The Morgan fingerprint density at radius 1 is 1.47 bits per heavy atom. The van der Waals surface area contributed by atoms with Crippen LogP contribution in [0, 0.1) is 0 Å². The van der Waals surface area contributed by atoms with Crippen molar-refractivity contribution in [2.24, 2.45) is 0 Å². The van der Waals surface area contributed by atoms with Gasteiger partial charge < -0.3 is 14.8 Å². The fourth-order valence-corrected chi connectivity index (χ4v) is 2.25. The molecule has 2 aliphatic heterocycles. The van der Waals surface area contributed by atoms with E-state index in [1.807, 2.05) is 6.07 Å². The zero-order valence-corrected chi connectivity index (χ0v) is 9.82. The molecule has 1 unspecified atom stereocenters. The molecule has 1 aromatic rings. The van der Waals surface area contributed by atoms with Crippen molar-refractivity contribution >= 4 is 0 Å². The molecule has 1 N–H and O–H groups in total. The van der Waals surface area contributed by atoms with E-state index in [4.69, 9.17) is 9.47 Å². The Hall–Kier alpha value is -1.20. The van der Waals surface area contributed by atoms with Crippen LogP contribution in [0.3, 0.4) is 0 Å². The van der Waals surface area contributed by atoms with Crippen LogP contribution in [0.5, 0.6) is 5.88 Å². The summed E-state index contributed by atoms with van der Waals surface area (Å²) in [5.74, 6) is 0.614. The van der Waals surface area contributed by atoms with Crippen LogP contribution < -0.4 is 10.1 Å². The summed E-state index contributed by atoms with van der Waals surface area (Å²) in [6.07, 6.45) is 3.40. The molecule has 5 nitrogen and oxygen atoms in total. The number of rotatable bonds is 3. The first kappa shape index (κ1) is 10.9. The predicted octanol–water partition coefficient (Wildman–Crippen LogP) is 0.680. The van der Waals surface area contributed by atoms with Crippen molar-refractivity contribution in [1.82, 2.24) is 15.5 Å². The molecule has 0 saturated carbocycles. The van der Waals surface area contributed by atoms with Gasteiger partial charge in [0.1, 0.15) is 6.61 Å². The van der Waals surface area contributed by atoms with E-state index in [-0.39, 0.29) is 6.10 Å². The molecule has 1 atom stereocenters. The van der Waals surface area contributed by atoms with Crippen molar-refractivity contribution in [2.75, 3.05) is 19.8 Å². The molecule has 3 heterocycles. The summed E-state index contributed by atoms with van der Waals surface area (Å²) >= 11 is 0. The van der Waals surface area contributed by atoms with Crippen LogP contribution >= 0.6 is 0 Å². The zero-order valence-electron chi connectivity index (χ0n) is 9.82. The summed E-state index contributed by atoms with van der Waals surface area (Å²) in [4.78, 5) is 0. The minimum Gasteiger partial charge on any atom is -0.474 e. The topological polar surface area (TPSA) is 56.3 Å². The molecule has 1 fully saturated rings. The molecular formula is C12H17N3O2. The second kappa shape index (κ2) is 4.98. The molecule has 0 aromatic carbocycles. The van der Waals surface area contributed by atoms with Crippen molar-refractivity contribution in [3.63, 3.8) is 0 Å². The van der Waals surface area contributed by atoms with E-state index in [2.05, 4.69) is 15.5 Å². The summed E-state index contributed by atoms with van der Waals surface area (Å²) in [7, 11) is 0. The Morgan fingerprint density at radius 3 is 3.35 bits per heavy atom. The van der Waals surface area contributed by atoms with Crippen molar-refractivity contribution in [3.8, 4) is 5.88 Å². The first-order chi connectivity index (χ1) is 8.42. The largest absolute Gasteiger partial charge is 0.474 e. The van der Waals surface area contributed by atoms with Gasteiger partial charge in [-0.25, -0.2) is 0 Å². The Labute approximate surface area is 101 Å². The van der Waals surface area contributed by atoms with Crippen LogP contribution in [-0.4, -0.2) is 36.1 Å². The van der Waals surface area contributed by atoms with Gasteiger partial charge >= 0.3 is 0 Å². The van der Waals surface area contributed by atoms with E-state index in [0.717, 1.165) is 44.7 Å². The number of hydrogen-bond donors (Lipinski definition) is 1. The van der Waals surface area contributed by atoms with E-state index < -0.39 is 0 Å². The van der Waals surface area contributed by atoms with Gasteiger partial charge in [-0.3, -0.25) is 0 Å². The van der Waals surface area contributed by atoms with Gasteiger partial charge in [0.05, 0.1) is 11.8 Å². The lowest BCUT2D eigenvalue weighted by Gasteiger charge is -2.16. The summed E-state index contributed by atoms with van der Waals surface area (Å²) < 4.78 is 11.1. The van der Waals surface area contributed by atoms with Crippen LogP contribution in [-0.2, 0) is 17.7 Å². The number of hydrogen-bond acceptors (Lipinski definition) is 5. The molecule has 0 amide bonds. The normalized spacial score (nSPS) is 23.4. The maximum Gasteiger partial charge on any atom is 0.233 e. The van der Waals surface area contributed by atoms with Gasteiger partial charge in [0, 0.05) is 32.2 Å². The zero-order chi connectivity index (χ0) is 11.5. The standard InChI is InChI=1S/C12H17N3O2/c1-2-10(16-5-1)8-17-12-6-9-7-13-4-3-11(9)14-15-12/h6,10,13H,1-5,7-8H2. The molecule has 1 aromatic heterocycles. The van der Waals surface area contributed by atoms with Crippen molar-refractivity contribution in [1.29, 1.82) is 0 Å². The molecule has 0 bridgehead atoms. The number of ether oxygens (including phenoxy) is 2. The average Bonchev–Trinajstić information content (AvgIpc) is 2.89. The first-order valence-electron chi connectivity index (χ1n) is 6.22. The van der Waals surface area contributed by atoms with Gasteiger partial charge in [-0.2, -0.15) is 5.10 Å². The lowest BCUT2D eigenvalue weighted by molar-refractivity contribution is 0.0659. The quantitative estimate of drug-likeness (QED) is 0.835. The smallest absolute Gasteiger partial charge is 0.233 e. The lowest BCUT2D eigenvalue weighted by Crippen LogP contribution is -2.25. The molecule has 0 aliphatic carbocycles. The second-order valence-corrected chi connectivity index (χ2v) is 4.53. The Bertz CT molecular complexity index is 391. The summed E-state index contributed by atoms with van der Waals surface area (Å²) in [5.41, 5.74) is 2.29. The number of fused-ring (bicyclic) bond motifs is 1. The first-order valence-corrected chi connectivity index (χ1v) is 6.22. The molecule has 0 radical (unpaired) electrons. The van der Waals surface area contributed by atoms with Crippen LogP contribution in [0.1, 0.15) is 24.1 Å². The predicted molar refractivity (Wildman–Crippen MR) is 61.9 cm³/mol. The molecule has 17 heavy (non-hydrogen) atoms. The third-order valence-corrected chi connectivity index (χ3v) is 3.23. The number of nitrogens with one attached hydrogen (secondary N) is 1. The molecule has 0 spiro atoms. The highest BCUT2D eigenvalue weighted by atomic mass is 16.5. The summed E-state index contributed by atoms with van der Waals surface area (Å²) in [5, 5.41) is 11.6. The molecule has 2 aliphatic rings. The van der Waals surface area contributed by atoms with E-state index in [9.17, 15) is 0 Å². The van der Waals surface area contributed by atoms with Crippen molar-refractivity contribution < 1.29 is 9.47 Å². The molecule has 1 saturated heterocycles. The van der Waals surface area contributed by atoms with Gasteiger partial charge in [-0.15, -0.1) is 5.10 Å². The maximum atomic E-state index is 5.63. The summed E-state index contributed by atoms with van der Waals surface area (Å²) in [6, 6.07) is 1.99. The van der Waals surface area contributed by atoms with Crippen LogP contribution in [0.25, 0.3) is 0 Å².